The van der Waals surface area contributed by atoms with E-state index in [9.17, 15) is 8.42 Å². The summed E-state index contributed by atoms with van der Waals surface area (Å²) in [6.45, 7) is -1.80. The topological polar surface area (TPSA) is 43.4 Å². The first-order chi connectivity index (χ1) is 16.0. The molecular formula is C28H29O3PS. The second-order valence-electron chi connectivity index (χ2n) is 8.14. The van der Waals surface area contributed by atoms with Crippen molar-refractivity contribution >= 4 is 32.9 Å². The number of benzene rings is 4. The zero-order valence-corrected chi connectivity index (χ0v) is 20.5. The molecule has 0 saturated heterocycles. The fourth-order valence-electron chi connectivity index (χ4n) is 4.54. The SMILES string of the molecule is CCCCP(OS(=O)(=O)c1ccccc1)(c1ccccc1)(c1ccccc1)c1ccccc1. The summed E-state index contributed by atoms with van der Waals surface area (Å²) >= 11 is 0. The van der Waals surface area contributed by atoms with Gasteiger partial charge in [0.1, 0.15) is 0 Å². The molecule has 0 amide bonds. The molecule has 4 rings (SSSR count). The molecular weight excluding hydrogens is 447 g/mol. The molecule has 0 saturated carbocycles. The first kappa shape index (κ1) is 23.4. The standard InChI is InChI=1S/C28H29O3PS/c1-2-3-24-32(25-16-8-4-9-17-25,26-18-10-5-11-19-26,27-20-12-6-13-21-27)31-33(29,30)28-22-14-7-15-23-28/h4-23H,2-3,24H2,1H3. The third-order valence-corrected chi connectivity index (χ3v) is 14.4. The van der Waals surface area contributed by atoms with Crippen LogP contribution in [0.25, 0.3) is 0 Å². The van der Waals surface area contributed by atoms with Crippen molar-refractivity contribution in [2.75, 3.05) is 6.16 Å². The third-order valence-electron chi connectivity index (χ3n) is 6.14. The molecule has 4 aromatic rings. The Bertz CT molecular complexity index is 1180. The molecule has 0 unspecified atom stereocenters. The van der Waals surface area contributed by atoms with E-state index in [1.165, 1.54) is 0 Å². The van der Waals surface area contributed by atoms with Crippen molar-refractivity contribution in [3.63, 3.8) is 0 Å². The molecule has 0 aromatic heterocycles. The van der Waals surface area contributed by atoms with E-state index < -0.39 is 16.9 Å². The molecule has 0 atom stereocenters. The van der Waals surface area contributed by atoms with Crippen molar-refractivity contribution in [1.29, 1.82) is 0 Å². The Morgan fingerprint density at radius 1 is 0.606 bits per heavy atom. The molecule has 33 heavy (non-hydrogen) atoms. The molecule has 3 nitrogen and oxygen atoms in total. The summed E-state index contributed by atoms with van der Waals surface area (Å²) < 4.78 is 34.7. The molecule has 0 fully saturated rings. The van der Waals surface area contributed by atoms with Gasteiger partial charge >= 0.3 is 197 Å². The Hall–Kier alpha value is -2.78. The Balaban J connectivity index is 2.16. The fourth-order valence-corrected chi connectivity index (χ4v) is 13.4. The predicted octanol–water partition coefficient (Wildman–Crippen LogP) is 5.64. The average molecular weight is 477 g/mol. The van der Waals surface area contributed by atoms with Crippen LogP contribution in [-0.4, -0.2) is 14.6 Å². The molecule has 0 spiro atoms. The van der Waals surface area contributed by atoms with Crippen LogP contribution in [-0.2, 0) is 14.1 Å². The normalized spacial score (nSPS) is 13.2. The van der Waals surface area contributed by atoms with Crippen LogP contribution in [0.5, 0.6) is 0 Å². The Morgan fingerprint density at radius 2 is 0.970 bits per heavy atom. The molecule has 0 aliphatic heterocycles. The van der Waals surface area contributed by atoms with E-state index in [0.717, 1.165) is 28.8 Å². The molecule has 0 bridgehead atoms. The number of hydrogen-bond acceptors (Lipinski definition) is 3. The maximum atomic E-state index is 13.9. The van der Waals surface area contributed by atoms with Gasteiger partial charge in [-0.05, 0) is 0 Å². The van der Waals surface area contributed by atoms with E-state index in [0.29, 0.717) is 6.16 Å². The van der Waals surface area contributed by atoms with Gasteiger partial charge in [-0.2, -0.15) is 0 Å². The van der Waals surface area contributed by atoms with Gasteiger partial charge in [-0.25, -0.2) is 0 Å². The molecule has 5 heteroatoms. The van der Waals surface area contributed by atoms with Gasteiger partial charge in [0.25, 0.3) is 0 Å². The second-order valence-corrected chi connectivity index (χ2v) is 14.5. The quantitative estimate of drug-likeness (QED) is 0.294. The summed E-state index contributed by atoms with van der Waals surface area (Å²) in [7, 11) is -4.09. The van der Waals surface area contributed by atoms with Gasteiger partial charge in [0, 0.05) is 0 Å². The van der Waals surface area contributed by atoms with Gasteiger partial charge in [-0.1, -0.05) is 0 Å². The van der Waals surface area contributed by atoms with Crippen LogP contribution in [0.4, 0.5) is 0 Å². The van der Waals surface area contributed by atoms with Crippen LogP contribution in [0.15, 0.2) is 126 Å². The molecule has 4 aromatic carbocycles. The minimum absolute atomic E-state index is 0.165. The first-order valence-electron chi connectivity index (χ1n) is 11.2. The monoisotopic (exact) mass is 476 g/mol. The summed E-state index contributed by atoms with van der Waals surface area (Å²) in [6.07, 6.45) is 2.33. The number of rotatable bonds is 9. The van der Waals surface area contributed by atoms with E-state index >= 15 is 0 Å². The van der Waals surface area contributed by atoms with Crippen molar-refractivity contribution in [3.05, 3.63) is 121 Å². The Kier molecular flexibility index (Phi) is 6.81. The van der Waals surface area contributed by atoms with Crippen molar-refractivity contribution < 1.29 is 12.4 Å². The van der Waals surface area contributed by atoms with E-state index in [-0.39, 0.29) is 4.90 Å². The first-order valence-corrected chi connectivity index (χ1v) is 15.0. The third kappa shape index (κ3) is 4.15. The molecule has 0 heterocycles. The van der Waals surface area contributed by atoms with Crippen molar-refractivity contribution in [2.45, 2.75) is 24.7 Å². The molecule has 0 N–H and O–H groups in total. The molecule has 0 aliphatic carbocycles. The van der Waals surface area contributed by atoms with Crippen LogP contribution < -0.4 is 15.9 Å². The van der Waals surface area contributed by atoms with Gasteiger partial charge in [-0.3, -0.25) is 0 Å². The van der Waals surface area contributed by atoms with Gasteiger partial charge < -0.3 is 0 Å². The van der Waals surface area contributed by atoms with Gasteiger partial charge in [0.05, 0.1) is 0 Å². The van der Waals surface area contributed by atoms with Gasteiger partial charge in [0.15, 0.2) is 0 Å². The van der Waals surface area contributed by atoms with E-state index in [4.69, 9.17) is 3.97 Å². The van der Waals surface area contributed by atoms with Crippen molar-refractivity contribution in [2.24, 2.45) is 0 Å². The van der Waals surface area contributed by atoms with E-state index in [2.05, 4.69) is 6.92 Å². The summed E-state index contributed by atoms with van der Waals surface area (Å²) in [6, 6.07) is 38.2. The zero-order valence-electron chi connectivity index (χ0n) is 18.7. The molecule has 170 valence electrons. The number of hydrogen-bond donors (Lipinski definition) is 0. The van der Waals surface area contributed by atoms with Crippen molar-refractivity contribution in [3.8, 4) is 0 Å². The van der Waals surface area contributed by atoms with Crippen LogP contribution in [0, 0.1) is 0 Å². The summed E-state index contributed by atoms with van der Waals surface area (Å²) in [5.74, 6) is 0. The van der Waals surface area contributed by atoms with Gasteiger partial charge in [-0.15, -0.1) is 0 Å². The second kappa shape index (κ2) is 9.61. The minimum atomic E-state index is -4.09. The Labute approximate surface area is 197 Å². The van der Waals surface area contributed by atoms with Crippen LogP contribution in [0.2, 0.25) is 0 Å². The average Bonchev–Trinajstić information content (AvgIpc) is 2.89. The fraction of sp³-hybridized carbons (Fsp3) is 0.143. The van der Waals surface area contributed by atoms with Crippen LogP contribution in [0.1, 0.15) is 19.8 Å². The predicted molar refractivity (Wildman–Crippen MR) is 140 cm³/mol. The molecule has 0 aliphatic rings. The van der Waals surface area contributed by atoms with Crippen LogP contribution in [0.3, 0.4) is 0 Å². The zero-order chi connectivity index (χ0) is 23.2. The van der Waals surface area contributed by atoms with E-state index in [1.54, 1.807) is 30.3 Å². The summed E-state index contributed by atoms with van der Waals surface area (Å²) in [4.78, 5) is 0.165. The maximum absolute atomic E-state index is 13.9. The summed E-state index contributed by atoms with van der Waals surface area (Å²) in [5, 5.41) is 2.73. The number of unbranched alkanes of at least 4 members (excludes halogenated alkanes) is 1. The Morgan fingerprint density at radius 3 is 1.33 bits per heavy atom. The van der Waals surface area contributed by atoms with Crippen LogP contribution >= 0.6 is 6.83 Å². The summed E-state index contributed by atoms with van der Waals surface area (Å²) in [5.41, 5.74) is 0. The van der Waals surface area contributed by atoms with Crippen molar-refractivity contribution in [1.82, 2.24) is 0 Å². The van der Waals surface area contributed by atoms with E-state index in [1.807, 2.05) is 91.0 Å². The van der Waals surface area contributed by atoms with Gasteiger partial charge in [0.2, 0.25) is 0 Å². The molecule has 0 radical (unpaired) electrons.